The molecule has 2 heterocycles. The summed E-state index contributed by atoms with van der Waals surface area (Å²) in [5.41, 5.74) is 1.16. The van der Waals surface area contributed by atoms with E-state index >= 15 is 0 Å². The number of hydrogen-bond acceptors (Lipinski definition) is 4. The third kappa shape index (κ3) is 6.08. The molecule has 27 heavy (non-hydrogen) atoms. The highest BCUT2D eigenvalue weighted by atomic mass is 16.5. The largest absolute Gasteiger partial charge is 0.481 e. The zero-order valence-corrected chi connectivity index (χ0v) is 16.0. The lowest BCUT2D eigenvalue weighted by Crippen LogP contribution is -2.37. The van der Waals surface area contributed by atoms with Gasteiger partial charge in [0.05, 0.1) is 12.2 Å². The Morgan fingerprint density at radius 3 is 2.67 bits per heavy atom. The van der Waals surface area contributed by atoms with E-state index in [4.69, 9.17) is 9.84 Å². The molecule has 1 unspecified atom stereocenters. The molecule has 0 aliphatic carbocycles. The molecule has 0 saturated carbocycles. The molecule has 4 atom stereocenters. The maximum Gasteiger partial charge on any atom is 0.303 e. The lowest BCUT2D eigenvalue weighted by atomic mass is 9.77. The Balaban J connectivity index is 1.35. The lowest BCUT2D eigenvalue weighted by Gasteiger charge is -2.27. The third-order valence-electron chi connectivity index (χ3n) is 5.71. The molecule has 0 spiro atoms. The number of rotatable bonds is 12. The predicted octanol–water partition coefficient (Wildman–Crippen LogP) is 3.68. The number of para-hydroxylation sites is 1. The Morgan fingerprint density at radius 1 is 1.11 bits per heavy atom. The molecule has 1 aromatic carbocycles. The second kappa shape index (κ2) is 10.5. The number of allylic oxidation sites excluding steroid dienone is 2. The van der Waals surface area contributed by atoms with Crippen LogP contribution in [0.15, 0.2) is 42.5 Å². The number of fused-ring (bicyclic) bond motifs is 2. The van der Waals surface area contributed by atoms with Gasteiger partial charge in [-0.2, -0.15) is 0 Å². The number of carbonyl (C=O) groups is 1. The Labute approximate surface area is 162 Å². The summed E-state index contributed by atoms with van der Waals surface area (Å²) in [6.07, 6.45) is 10.5. The first-order chi connectivity index (χ1) is 13.2. The molecule has 5 heteroatoms. The van der Waals surface area contributed by atoms with Crippen LogP contribution in [0.2, 0.25) is 0 Å². The molecule has 0 radical (unpaired) electrons. The number of nitrogens with one attached hydrogen (secondary N) is 2. The fraction of sp³-hybridized carbons (Fsp3) is 0.591. The Bertz CT molecular complexity index is 605. The second-order valence-electron chi connectivity index (χ2n) is 7.61. The third-order valence-corrected chi connectivity index (χ3v) is 5.71. The van der Waals surface area contributed by atoms with Crippen molar-refractivity contribution in [2.75, 3.05) is 25.0 Å². The van der Waals surface area contributed by atoms with E-state index < -0.39 is 5.97 Å². The zero-order valence-electron chi connectivity index (χ0n) is 16.0. The van der Waals surface area contributed by atoms with Crippen molar-refractivity contribution in [2.24, 2.45) is 11.8 Å². The van der Waals surface area contributed by atoms with Gasteiger partial charge < -0.3 is 20.5 Å². The van der Waals surface area contributed by atoms with E-state index in [2.05, 4.69) is 34.9 Å². The molecule has 3 N–H and O–H groups in total. The van der Waals surface area contributed by atoms with Crippen LogP contribution in [-0.4, -0.2) is 42.9 Å². The number of aliphatic carboxylic acids is 1. The number of ether oxygens (including phenoxy) is 1. The van der Waals surface area contributed by atoms with Gasteiger partial charge in [0, 0.05) is 37.7 Å². The fourth-order valence-electron chi connectivity index (χ4n) is 4.34. The van der Waals surface area contributed by atoms with Crippen molar-refractivity contribution >= 4 is 11.7 Å². The smallest absolute Gasteiger partial charge is 0.303 e. The van der Waals surface area contributed by atoms with Crippen LogP contribution >= 0.6 is 0 Å². The summed E-state index contributed by atoms with van der Waals surface area (Å²) in [6.45, 7) is 2.87. The quantitative estimate of drug-likeness (QED) is 0.386. The van der Waals surface area contributed by atoms with E-state index in [1.165, 1.54) is 12.8 Å². The van der Waals surface area contributed by atoms with Gasteiger partial charge >= 0.3 is 5.97 Å². The summed E-state index contributed by atoms with van der Waals surface area (Å²) in [6, 6.07) is 10.3. The van der Waals surface area contributed by atoms with Gasteiger partial charge in [0.25, 0.3) is 0 Å². The molecule has 2 saturated heterocycles. The second-order valence-corrected chi connectivity index (χ2v) is 7.61. The molecular formula is C22H32N2O3. The minimum Gasteiger partial charge on any atom is -0.481 e. The summed E-state index contributed by atoms with van der Waals surface area (Å²) < 4.78 is 6.17. The fourth-order valence-corrected chi connectivity index (χ4v) is 4.34. The molecule has 2 aliphatic heterocycles. The van der Waals surface area contributed by atoms with Crippen molar-refractivity contribution in [2.45, 2.75) is 50.7 Å². The molecule has 1 aromatic rings. The van der Waals surface area contributed by atoms with Gasteiger partial charge in [-0.1, -0.05) is 30.4 Å². The van der Waals surface area contributed by atoms with Crippen LogP contribution in [0.3, 0.4) is 0 Å². The molecular weight excluding hydrogens is 340 g/mol. The standard InChI is InChI=1S/C22H32N2O3/c25-22(26)11-7-2-1-6-10-18-19(21-13-12-20(18)27-21)16-23-14-15-24-17-8-4-3-5-9-17/h1,3-6,8-9,18-21,23-24H,2,7,10-16H2,(H,25,26)/b6-1-/t18-,19?,20+,21-/m1/s1. The Hall–Kier alpha value is -1.85. The number of benzene rings is 1. The van der Waals surface area contributed by atoms with Crippen LogP contribution in [0.5, 0.6) is 0 Å². The maximum absolute atomic E-state index is 10.5. The van der Waals surface area contributed by atoms with Gasteiger partial charge in [0.1, 0.15) is 0 Å². The number of carboxylic acid groups (broad SMARTS) is 1. The predicted molar refractivity (Wildman–Crippen MR) is 108 cm³/mol. The van der Waals surface area contributed by atoms with E-state index in [0.29, 0.717) is 24.0 Å². The van der Waals surface area contributed by atoms with Gasteiger partial charge in [-0.25, -0.2) is 0 Å². The molecule has 3 rings (SSSR count). The van der Waals surface area contributed by atoms with Gasteiger partial charge in [0.2, 0.25) is 0 Å². The number of hydrogen-bond donors (Lipinski definition) is 3. The monoisotopic (exact) mass is 372 g/mol. The van der Waals surface area contributed by atoms with Crippen molar-refractivity contribution in [1.29, 1.82) is 0 Å². The molecule has 148 valence electrons. The summed E-state index contributed by atoms with van der Waals surface area (Å²) >= 11 is 0. The molecule has 0 amide bonds. The summed E-state index contributed by atoms with van der Waals surface area (Å²) in [7, 11) is 0. The molecule has 5 nitrogen and oxygen atoms in total. The SMILES string of the molecule is O=C(O)CCC/C=C\C[C@@H]1C(CNCCNc2ccccc2)[C@H]2CC[C@@H]1O2. The van der Waals surface area contributed by atoms with E-state index in [1.807, 2.05) is 18.2 Å². The maximum atomic E-state index is 10.5. The average molecular weight is 373 g/mol. The molecule has 2 fully saturated rings. The van der Waals surface area contributed by atoms with Gasteiger partial charge in [-0.3, -0.25) is 4.79 Å². The molecule has 2 aliphatic rings. The topological polar surface area (TPSA) is 70.6 Å². The van der Waals surface area contributed by atoms with Crippen molar-refractivity contribution in [3.63, 3.8) is 0 Å². The highest BCUT2D eigenvalue weighted by molar-refractivity contribution is 5.66. The van der Waals surface area contributed by atoms with E-state index in [1.54, 1.807) is 0 Å². The minimum absolute atomic E-state index is 0.255. The first-order valence-corrected chi connectivity index (χ1v) is 10.3. The summed E-state index contributed by atoms with van der Waals surface area (Å²) in [5.74, 6) is 0.469. The van der Waals surface area contributed by atoms with Crippen molar-refractivity contribution in [1.82, 2.24) is 5.32 Å². The minimum atomic E-state index is -0.710. The first kappa shape index (κ1) is 19.9. The average Bonchev–Trinajstić information content (AvgIpc) is 3.27. The number of anilines is 1. The van der Waals surface area contributed by atoms with Crippen LogP contribution in [0.1, 0.15) is 38.5 Å². The highest BCUT2D eigenvalue weighted by Crippen LogP contribution is 2.44. The van der Waals surface area contributed by atoms with Crippen LogP contribution < -0.4 is 10.6 Å². The highest BCUT2D eigenvalue weighted by Gasteiger charge is 2.47. The zero-order chi connectivity index (χ0) is 18.9. The Kier molecular flexibility index (Phi) is 7.72. The van der Waals surface area contributed by atoms with Crippen molar-refractivity contribution < 1.29 is 14.6 Å². The normalized spacial score (nSPS) is 26.7. The van der Waals surface area contributed by atoms with E-state index in [-0.39, 0.29) is 6.42 Å². The summed E-state index contributed by atoms with van der Waals surface area (Å²) in [5, 5.41) is 15.7. The van der Waals surface area contributed by atoms with Gasteiger partial charge in [0.15, 0.2) is 0 Å². The van der Waals surface area contributed by atoms with Gasteiger partial charge in [-0.15, -0.1) is 0 Å². The van der Waals surface area contributed by atoms with Crippen LogP contribution in [0.25, 0.3) is 0 Å². The first-order valence-electron chi connectivity index (χ1n) is 10.3. The van der Waals surface area contributed by atoms with Crippen LogP contribution in [-0.2, 0) is 9.53 Å². The van der Waals surface area contributed by atoms with Gasteiger partial charge in [-0.05, 0) is 50.2 Å². The molecule has 2 bridgehead atoms. The molecule has 0 aromatic heterocycles. The van der Waals surface area contributed by atoms with Crippen molar-refractivity contribution in [3.8, 4) is 0 Å². The van der Waals surface area contributed by atoms with Crippen molar-refractivity contribution in [3.05, 3.63) is 42.5 Å². The van der Waals surface area contributed by atoms with Crippen LogP contribution in [0, 0.1) is 11.8 Å². The lowest BCUT2D eigenvalue weighted by molar-refractivity contribution is -0.137. The van der Waals surface area contributed by atoms with Crippen LogP contribution in [0.4, 0.5) is 5.69 Å². The number of unbranched alkanes of at least 4 members (excludes halogenated alkanes) is 1. The van der Waals surface area contributed by atoms with E-state index in [0.717, 1.165) is 44.6 Å². The Morgan fingerprint density at radius 2 is 1.89 bits per heavy atom. The van der Waals surface area contributed by atoms with E-state index in [9.17, 15) is 4.79 Å². The summed E-state index contributed by atoms with van der Waals surface area (Å²) in [4.78, 5) is 10.5. The number of carboxylic acids is 1.